The summed E-state index contributed by atoms with van der Waals surface area (Å²) in [5.74, 6) is 0. The summed E-state index contributed by atoms with van der Waals surface area (Å²) in [7, 11) is 2.11. The first-order valence-corrected chi connectivity index (χ1v) is 7.37. The maximum absolute atomic E-state index is 3.49. The molecule has 3 fully saturated rings. The highest BCUT2D eigenvalue weighted by Gasteiger charge is 2.38. The molecule has 0 bridgehead atoms. The molecule has 17 heavy (non-hydrogen) atoms. The van der Waals surface area contributed by atoms with Crippen LogP contribution in [0.3, 0.4) is 0 Å². The molecular weight excluding hydrogens is 210 g/mol. The molecule has 0 aromatic rings. The monoisotopic (exact) mass is 237 g/mol. The van der Waals surface area contributed by atoms with Crippen molar-refractivity contribution in [2.45, 2.75) is 56.7 Å². The molecule has 3 heteroatoms. The van der Waals surface area contributed by atoms with E-state index in [0.29, 0.717) is 5.54 Å². The Labute approximate surface area is 106 Å². The summed E-state index contributed by atoms with van der Waals surface area (Å²) in [5.41, 5.74) is 0.394. The minimum absolute atomic E-state index is 0.394. The van der Waals surface area contributed by atoms with Gasteiger partial charge in [0.15, 0.2) is 0 Å². The second-order valence-corrected chi connectivity index (χ2v) is 6.52. The second-order valence-electron chi connectivity index (χ2n) is 6.52. The van der Waals surface area contributed by atoms with E-state index in [1.807, 2.05) is 0 Å². The molecule has 0 aromatic carbocycles. The molecule has 3 nitrogen and oxygen atoms in total. The molecule has 2 saturated heterocycles. The van der Waals surface area contributed by atoms with E-state index in [1.165, 1.54) is 58.3 Å². The molecule has 2 aliphatic heterocycles. The molecule has 2 heterocycles. The predicted octanol–water partition coefficient (Wildman–Crippen LogP) is 1.30. The number of likely N-dealkylation sites (tertiary alicyclic amines) is 2. The molecule has 3 rings (SSSR count). The molecule has 0 radical (unpaired) electrons. The lowest BCUT2D eigenvalue weighted by Crippen LogP contribution is -2.52. The Bertz CT molecular complexity index is 267. The third-order valence-corrected chi connectivity index (χ3v) is 5.28. The number of hydrogen-bond donors (Lipinski definition) is 1. The van der Waals surface area contributed by atoms with Crippen LogP contribution in [0.5, 0.6) is 0 Å². The van der Waals surface area contributed by atoms with Crippen molar-refractivity contribution in [2.75, 3.05) is 33.2 Å². The van der Waals surface area contributed by atoms with Crippen molar-refractivity contribution in [3.8, 4) is 0 Å². The highest BCUT2D eigenvalue weighted by atomic mass is 15.3. The molecule has 1 N–H and O–H groups in total. The molecule has 0 aromatic heterocycles. The van der Waals surface area contributed by atoms with Gasteiger partial charge < -0.3 is 5.32 Å². The summed E-state index contributed by atoms with van der Waals surface area (Å²) in [6.07, 6.45) is 6.95. The van der Waals surface area contributed by atoms with E-state index in [9.17, 15) is 0 Å². The molecule has 98 valence electrons. The van der Waals surface area contributed by atoms with Gasteiger partial charge in [0.05, 0.1) is 0 Å². The highest BCUT2D eigenvalue weighted by molar-refractivity contribution is 4.96. The average molecular weight is 237 g/mol. The van der Waals surface area contributed by atoms with Crippen LogP contribution in [-0.2, 0) is 0 Å². The largest absolute Gasteiger partial charge is 0.314 e. The molecule has 1 atom stereocenters. The molecule has 3 aliphatic rings. The summed E-state index contributed by atoms with van der Waals surface area (Å²) >= 11 is 0. The van der Waals surface area contributed by atoms with Gasteiger partial charge in [0, 0.05) is 43.8 Å². The lowest BCUT2D eigenvalue weighted by atomic mass is 9.89. The zero-order valence-electron chi connectivity index (χ0n) is 11.4. The first kappa shape index (κ1) is 11.9. The first-order chi connectivity index (χ1) is 8.20. The van der Waals surface area contributed by atoms with Crippen molar-refractivity contribution in [3.05, 3.63) is 0 Å². The van der Waals surface area contributed by atoms with E-state index >= 15 is 0 Å². The van der Waals surface area contributed by atoms with Crippen LogP contribution in [0.4, 0.5) is 0 Å². The Balaban J connectivity index is 1.50. The fourth-order valence-corrected chi connectivity index (χ4v) is 3.47. The minimum atomic E-state index is 0.394. The second kappa shape index (κ2) is 4.52. The van der Waals surface area contributed by atoms with Gasteiger partial charge in [-0.05, 0) is 46.1 Å². The summed E-state index contributed by atoms with van der Waals surface area (Å²) in [6, 6.07) is 1.82. The smallest absolute Gasteiger partial charge is 0.0235 e. The van der Waals surface area contributed by atoms with Crippen molar-refractivity contribution in [1.29, 1.82) is 0 Å². The van der Waals surface area contributed by atoms with Gasteiger partial charge in [-0.15, -0.1) is 0 Å². The van der Waals surface area contributed by atoms with Crippen LogP contribution in [0.2, 0.25) is 0 Å². The van der Waals surface area contributed by atoms with E-state index in [-0.39, 0.29) is 0 Å². The maximum Gasteiger partial charge on any atom is 0.0235 e. The normalized spacial score (nSPS) is 35.3. The minimum Gasteiger partial charge on any atom is -0.314 e. The molecule has 1 unspecified atom stereocenters. The van der Waals surface area contributed by atoms with Crippen molar-refractivity contribution >= 4 is 0 Å². The van der Waals surface area contributed by atoms with Crippen LogP contribution in [-0.4, -0.2) is 60.6 Å². The lowest BCUT2D eigenvalue weighted by Gasteiger charge is -2.41. The average Bonchev–Trinajstić information content (AvgIpc) is 3.09. The Morgan fingerprint density at radius 3 is 2.24 bits per heavy atom. The molecular formula is C14H27N3. The van der Waals surface area contributed by atoms with Crippen molar-refractivity contribution < 1.29 is 0 Å². The van der Waals surface area contributed by atoms with Crippen molar-refractivity contribution in [1.82, 2.24) is 15.1 Å². The van der Waals surface area contributed by atoms with Crippen LogP contribution in [0.25, 0.3) is 0 Å². The van der Waals surface area contributed by atoms with Crippen LogP contribution < -0.4 is 5.32 Å². The molecule has 1 saturated carbocycles. The maximum atomic E-state index is 3.49. The summed E-state index contributed by atoms with van der Waals surface area (Å²) in [4.78, 5) is 5.48. The highest BCUT2D eigenvalue weighted by Crippen LogP contribution is 2.32. The Hall–Kier alpha value is -0.120. The Kier molecular flexibility index (Phi) is 3.18. The lowest BCUT2D eigenvalue weighted by molar-refractivity contribution is 0.111. The number of nitrogens with zero attached hydrogens (tertiary/aromatic N) is 2. The third-order valence-electron chi connectivity index (χ3n) is 5.28. The predicted molar refractivity (Wildman–Crippen MR) is 71.3 cm³/mol. The van der Waals surface area contributed by atoms with Crippen LogP contribution in [0.1, 0.15) is 39.0 Å². The van der Waals surface area contributed by atoms with Crippen LogP contribution in [0.15, 0.2) is 0 Å². The van der Waals surface area contributed by atoms with E-state index in [2.05, 4.69) is 29.1 Å². The number of piperidine rings is 1. The zero-order valence-corrected chi connectivity index (χ0v) is 11.4. The standard InChI is InChI=1S/C14H27N3/c1-14(15-2)6-9-16(10-7-14)13-5-8-17(11-13)12-3-4-12/h12-13,15H,3-11H2,1-2H3. The van der Waals surface area contributed by atoms with Gasteiger partial charge in [0.25, 0.3) is 0 Å². The van der Waals surface area contributed by atoms with Gasteiger partial charge in [-0.2, -0.15) is 0 Å². The first-order valence-electron chi connectivity index (χ1n) is 7.37. The van der Waals surface area contributed by atoms with Gasteiger partial charge in [0.2, 0.25) is 0 Å². The molecule has 0 amide bonds. The number of rotatable bonds is 3. The fraction of sp³-hybridized carbons (Fsp3) is 1.00. The summed E-state index contributed by atoms with van der Waals surface area (Å²) in [6.45, 7) is 7.66. The van der Waals surface area contributed by atoms with Crippen molar-refractivity contribution in [3.63, 3.8) is 0 Å². The van der Waals surface area contributed by atoms with E-state index < -0.39 is 0 Å². The zero-order chi connectivity index (χ0) is 11.9. The third kappa shape index (κ3) is 2.51. The van der Waals surface area contributed by atoms with E-state index in [4.69, 9.17) is 0 Å². The van der Waals surface area contributed by atoms with Gasteiger partial charge in [-0.1, -0.05) is 0 Å². The van der Waals surface area contributed by atoms with Crippen LogP contribution in [0, 0.1) is 0 Å². The van der Waals surface area contributed by atoms with E-state index in [1.54, 1.807) is 0 Å². The quantitative estimate of drug-likeness (QED) is 0.798. The van der Waals surface area contributed by atoms with Crippen LogP contribution >= 0.6 is 0 Å². The summed E-state index contributed by atoms with van der Waals surface area (Å²) < 4.78 is 0. The van der Waals surface area contributed by atoms with Gasteiger partial charge >= 0.3 is 0 Å². The summed E-state index contributed by atoms with van der Waals surface area (Å²) in [5, 5.41) is 3.49. The topological polar surface area (TPSA) is 18.5 Å². The van der Waals surface area contributed by atoms with E-state index in [0.717, 1.165) is 12.1 Å². The SMILES string of the molecule is CNC1(C)CCN(C2CCN(C3CC3)C2)CC1. The van der Waals surface area contributed by atoms with Gasteiger partial charge in [0.1, 0.15) is 0 Å². The van der Waals surface area contributed by atoms with Gasteiger partial charge in [-0.3, -0.25) is 9.80 Å². The molecule has 1 aliphatic carbocycles. The Morgan fingerprint density at radius 1 is 0.941 bits per heavy atom. The number of hydrogen-bond acceptors (Lipinski definition) is 3. The molecule has 0 spiro atoms. The fourth-order valence-electron chi connectivity index (χ4n) is 3.47. The van der Waals surface area contributed by atoms with Gasteiger partial charge in [-0.25, -0.2) is 0 Å². The van der Waals surface area contributed by atoms with Crippen molar-refractivity contribution in [2.24, 2.45) is 0 Å². The number of nitrogens with one attached hydrogen (secondary N) is 1. The Morgan fingerprint density at radius 2 is 1.65 bits per heavy atom.